The third kappa shape index (κ3) is 2.57. The molecule has 3 rings (SSSR count). The summed E-state index contributed by atoms with van der Waals surface area (Å²) in [5.41, 5.74) is 0. The lowest BCUT2D eigenvalue weighted by atomic mass is 9.89. The molecule has 1 aromatic rings. The molecule has 19 heavy (non-hydrogen) atoms. The van der Waals surface area contributed by atoms with Gasteiger partial charge in [-0.2, -0.15) is 0 Å². The Morgan fingerprint density at radius 2 is 2.32 bits per heavy atom. The number of aromatic nitrogens is 1. The lowest BCUT2D eigenvalue weighted by molar-refractivity contribution is -0.0438. The Labute approximate surface area is 118 Å². The van der Waals surface area contributed by atoms with Crippen LogP contribution in [0.3, 0.4) is 0 Å². The van der Waals surface area contributed by atoms with E-state index in [1.54, 1.807) is 6.20 Å². The lowest BCUT2D eigenvalue weighted by Crippen LogP contribution is -2.46. The topological polar surface area (TPSA) is 45.6 Å². The first kappa shape index (κ1) is 13.2. The molecule has 0 aromatic carbocycles. The summed E-state index contributed by atoms with van der Waals surface area (Å²) in [5.74, 6) is 0.999. The maximum absolute atomic E-state index is 10.2. The van der Waals surface area contributed by atoms with Crippen LogP contribution in [0.5, 0.6) is 0 Å². The first-order valence-corrected chi connectivity index (χ1v) is 7.28. The van der Waals surface area contributed by atoms with Gasteiger partial charge < -0.3 is 14.7 Å². The van der Waals surface area contributed by atoms with Gasteiger partial charge in [-0.3, -0.25) is 0 Å². The second-order valence-corrected chi connectivity index (χ2v) is 5.71. The van der Waals surface area contributed by atoms with Crippen LogP contribution in [0.1, 0.15) is 19.3 Å². The van der Waals surface area contributed by atoms with Gasteiger partial charge in [0.05, 0.1) is 17.7 Å². The maximum atomic E-state index is 10.2. The van der Waals surface area contributed by atoms with E-state index in [1.807, 2.05) is 12.1 Å². The predicted octanol–water partition coefficient (Wildman–Crippen LogP) is 2.10. The molecule has 3 heterocycles. The first-order chi connectivity index (χ1) is 9.27. The molecule has 2 aliphatic heterocycles. The summed E-state index contributed by atoms with van der Waals surface area (Å²) in [6.45, 7) is 2.24. The highest BCUT2D eigenvalue weighted by Crippen LogP contribution is 2.35. The molecular weight excluding hydrogens is 264 g/mol. The molecule has 1 N–H and O–H groups in total. The maximum Gasteiger partial charge on any atom is 0.147 e. The third-order valence-electron chi connectivity index (χ3n) is 4.17. The fourth-order valence-corrected chi connectivity index (χ4v) is 3.44. The van der Waals surface area contributed by atoms with E-state index in [1.165, 1.54) is 0 Å². The molecule has 2 saturated heterocycles. The number of hydrogen-bond acceptors (Lipinski definition) is 4. The zero-order valence-electron chi connectivity index (χ0n) is 10.8. The number of aliphatic hydroxyl groups excluding tert-OH is 1. The van der Waals surface area contributed by atoms with E-state index in [9.17, 15) is 5.11 Å². The summed E-state index contributed by atoms with van der Waals surface area (Å²) < 4.78 is 5.54. The van der Waals surface area contributed by atoms with Gasteiger partial charge in [-0.15, -0.1) is 0 Å². The van der Waals surface area contributed by atoms with Gasteiger partial charge in [0.1, 0.15) is 5.82 Å². The largest absolute Gasteiger partial charge is 0.393 e. The molecule has 104 valence electrons. The van der Waals surface area contributed by atoms with Gasteiger partial charge in [0.15, 0.2) is 0 Å². The molecule has 0 aliphatic carbocycles. The van der Waals surface area contributed by atoms with Crippen molar-refractivity contribution in [3.05, 3.63) is 23.4 Å². The Hall–Kier alpha value is -0.840. The number of nitrogens with zero attached hydrogens (tertiary/aromatic N) is 2. The molecular formula is C14H19ClN2O2. The summed E-state index contributed by atoms with van der Waals surface area (Å²) in [4.78, 5) is 6.64. The summed E-state index contributed by atoms with van der Waals surface area (Å²) in [6.07, 6.45) is 4.40. The van der Waals surface area contributed by atoms with Gasteiger partial charge >= 0.3 is 0 Å². The van der Waals surface area contributed by atoms with Crippen molar-refractivity contribution in [1.29, 1.82) is 0 Å². The Morgan fingerprint density at radius 1 is 1.42 bits per heavy atom. The quantitative estimate of drug-likeness (QED) is 0.902. The molecule has 0 unspecified atom stereocenters. The number of anilines is 1. The Balaban J connectivity index is 1.83. The van der Waals surface area contributed by atoms with Gasteiger partial charge in [0.2, 0.25) is 0 Å². The van der Waals surface area contributed by atoms with Crippen molar-refractivity contribution in [3.8, 4) is 0 Å². The third-order valence-corrected chi connectivity index (χ3v) is 4.46. The molecule has 2 fully saturated rings. The van der Waals surface area contributed by atoms with E-state index in [-0.39, 0.29) is 18.1 Å². The molecule has 4 nitrogen and oxygen atoms in total. The minimum atomic E-state index is -0.276. The Morgan fingerprint density at radius 3 is 3.11 bits per heavy atom. The lowest BCUT2D eigenvalue weighted by Gasteiger charge is -2.37. The van der Waals surface area contributed by atoms with Crippen LogP contribution in [0.4, 0.5) is 5.82 Å². The van der Waals surface area contributed by atoms with Crippen molar-refractivity contribution in [2.24, 2.45) is 5.92 Å². The van der Waals surface area contributed by atoms with Crippen LogP contribution in [0.15, 0.2) is 18.3 Å². The van der Waals surface area contributed by atoms with Crippen LogP contribution in [0.2, 0.25) is 5.02 Å². The second-order valence-electron chi connectivity index (χ2n) is 5.31. The van der Waals surface area contributed by atoms with Crippen LogP contribution < -0.4 is 4.90 Å². The predicted molar refractivity (Wildman–Crippen MR) is 74.5 cm³/mol. The van der Waals surface area contributed by atoms with Crippen molar-refractivity contribution in [3.63, 3.8) is 0 Å². The molecule has 0 spiro atoms. The van der Waals surface area contributed by atoms with Gasteiger partial charge in [0, 0.05) is 31.3 Å². The standard InChI is InChI=1S/C14H19ClN2O2/c15-11-3-1-6-16-14(11)17-7-2-4-12(17)10-9-19-8-5-13(10)18/h1,3,6,10,12-13,18H,2,4-5,7-9H2/t10-,12-,13+/m0/s1. The average Bonchev–Trinajstić information content (AvgIpc) is 2.89. The van der Waals surface area contributed by atoms with E-state index < -0.39 is 0 Å². The van der Waals surface area contributed by atoms with Crippen molar-refractivity contribution >= 4 is 17.4 Å². The molecule has 3 atom stereocenters. The summed E-state index contributed by atoms with van der Waals surface area (Å²) in [5, 5.41) is 10.9. The van der Waals surface area contributed by atoms with Gasteiger partial charge in [0.25, 0.3) is 0 Å². The Bertz CT molecular complexity index is 443. The van der Waals surface area contributed by atoms with Crippen molar-refractivity contribution in [1.82, 2.24) is 4.98 Å². The molecule has 1 aromatic heterocycles. The van der Waals surface area contributed by atoms with E-state index in [0.717, 1.165) is 31.6 Å². The highest BCUT2D eigenvalue weighted by molar-refractivity contribution is 6.32. The molecule has 0 radical (unpaired) electrons. The minimum absolute atomic E-state index is 0.161. The van der Waals surface area contributed by atoms with Crippen molar-refractivity contribution < 1.29 is 9.84 Å². The minimum Gasteiger partial charge on any atom is -0.393 e. The number of hydrogen-bond donors (Lipinski definition) is 1. The highest BCUT2D eigenvalue weighted by Gasteiger charge is 2.38. The van der Waals surface area contributed by atoms with Crippen LogP contribution in [-0.2, 0) is 4.74 Å². The molecule has 2 aliphatic rings. The van der Waals surface area contributed by atoms with Crippen LogP contribution in [0, 0.1) is 5.92 Å². The number of aliphatic hydroxyl groups is 1. The van der Waals surface area contributed by atoms with Gasteiger partial charge in [-0.1, -0.05) is 11.6 Å². The smallest absolute Gasteiger partial charge is 0.147 e. The fourth-order valence-electron chi connectivity index (χ4n) is 3.21. The molecule has 5 heteroatoms. The van der Waals surface area contributed by atoms with Crippen LogP contribution in [0.25, 0.3) is 0 Å². The zero-order valence-corrected chi connectivity index (χ0v) is 11.6. The fraction of sp³-hybridized carbons (Fsp3) is 0.643. The zero-order chi connectivity index (χ0) is 13.2. The van der Waals surface area contributed by atoms with Crippen molar-refractivity contribution in [2.45, 2.75) is 31.4 Å². The Kier molecular flexibility index (Phi) is 3.91. The van der Waals surface area contributed by atoms with E-state index in [4.69, 9.17) is 16.3 Å². The summed E-state index contributed by atoms with van der Waals surface area (Å²) >= 11 is 6.25. The number of halogens is 1. The van der Waals surface area contributed by atoms with E-state index >= 15 is 0 Å². The van der Waals surface area contributed by atoms with E-state index in [0.29, 0.717) is 18.2 Å². The van der Waals surface area contributed by atoms with Crippen LogP contribution in [-0.4, -0.2) is 42.0 Å². The summed E-state index contributed by atoms with van der Waals surface area (Å²) in [7, 11) is 0. The SMILES string of the molecule is O[C@@H]1CCOC[C@H]1[C@@H]1CCCN1c1ncccc1Cl. The average molecular weight is 283 g/mol. The second kappa shape index (κ2) is 5.65. The van der Waals surface area contributed by atoms with Gasteiger partial charge in [-0.05, 0) is 31.4 Å². The monoisotopic (exact) mass is 282 g/mol. The van der Waals surface area contributed by atoms with Crippen molar-refractivity contribution in [2.75, 3.05) is 24.7 Å². The number of ether oxygens (including phenoxy) is 1. The summed E-state index contributed by atoms with van der Waals surface area (Å²) in [6, 6.07) is 3.99. The molecule has 0 bridgehead atoms. The normalized spacial score (nSPS) is 31.7. The first-order valence-electron chi connectivity index (χ1n) is 6.90. The molecule has 0 saturated carbocycles. The molecule has 0 amide bonds. The number of pyridine rings is 1. The van der Waals surface area contributed by atoms with Crippen LogP contribution >= 0.6 is 11.6 Å². The van der Waals surface area contributed by atoms with E-state index in [2.05, 4.69) is 9.88 Å². The van der Waals surface area contributed by atoms with Gasteiger partial charge in [-0.25, -0.2) is 4.98 Å². The number of rotatable bonds is 2. The highest BCUT2D eigenvalue weighted by atomic mass is 35.5.